The molecule has 0 fully saturated rings. The smallest absolute Gasteiger partial charge is 0.131 e. The summed E-state index contributed by atoms with van der Waals surface area (Å²) in [6.07, 6.45) is 0. The van der Waals surface area contributed by atoms with Crippen molar-refractivity contribution in [3.63, 3.8) is 0 Å². The number of ether oxygens (including phenoxy) is 1. The first-order valence-corrected chi connectivity index (χ1v) is 7.26. The summed E-state index contributed by atoms with van der Waals surface area (Å²) in [5.74, 6) is 1.86. The summed E-state index contributed by atoms with van der Waals surface area (Å²) in [6.45, 7) is 4.58. The van der Waals surface area contributed by atoms with Crippen LogP contribution in [0.4, 0.5) is 11.5 Å². The molecule has 4 heteroatoms. The number of aryl methyl sites for hydroxylation is 1. The Kier molecular flexibility index (Phi) is 3.83. The highest BCUT2D eigenvalue weighted by atomic mass is 16.5. The largest absolute Gasteiger partial charge is 0.507 e. The molecule has 0 unspecified atom stereocenters. The van der Waals surface area contributed by atoms with Crippen LogP contribution in [0.2, 0.25) is 0 Å². The summed E-state index contributed by atoms with van der Waals surface area (Å²) in [5, 5.41) is 14.0. The maximum atomic E-state index is 9.94. The molecule has 0 spiro atoms. The number of rotatable bonds is 4. The minimum Gasteiger partial charge on any atom is -0.507 e. The van der Waals surface area contributed by atoms with Gasteiger partial charge in [0.25, 0.3) is 0 Å². The number of benzene rings is 2. The Hall–Kier alpha value is -2.75. The first-order valence-electron chi connectivity index (χ1n) is 7.26. The van der Waals surface area contributed by atoms with E-state index in [-0.39, 0.29) is 5.75 Å². The van der Waals surface area contributed by atoms with Gasteiger partial charge in [-0.05, 0) is 61.9 Å². The number of hydrogen-bond donors (Lipinski definition) is 2. The molecule has 0 saturated heterocycles. The van der Waals surface area contributed by atoms with Crippen molar-refractivity contribution >= 4 is 22.4 Å². The topological polar surface area (TPSA) is 54.4 Å². The normalized spacial score (nSPS) is 10.6. The Labute approximate surface area is 129 Å². The zero-order valence-corrected chi connectivity index (χ0v) is 12.6. The number of fused-ring (bicyclic) bond motifs is 1. The highest BCUT2D eigenvalue weighted by Gasteiger charge is 2.07. The van der Waals surface area contributed by atoms with Gasteiger partial charge in [-0.2, -0.15) is 0 Å². The summed E-state index contributed by atoms with van der Waals surface area (Å²) in [6, 6.07) is 15.0. The average molecular weight is 294 g/mol. The molecule has 22 heavy (non-hydrogen) atoms. The van der Waals surface area contributed by atoms with E-state index in [0.29, 0.717) is 6.61 Å². The van der Waals surface area contributed by atoms with E-state index in [0.717, 1.165) is 33.7 Å². The Balaban J connectivity index is 1.90. The van der Waals surface area contributed by atoms with Crippen molar-refractivity contribution in [2.75, 3.05) is 11.9 Å². The Morgan fingerprint density at radius 3 is 2.64 bits per heavy atom. The maximum absolute atomic E-state index is 9.94. The van der Waals surface area contributed by atoms with Crippen LogP contribution in [-0.2, 0) is 0 Å². The van der Waals surface area contributed by atoms with Crippen molar-refractivity contribution in [3.8, 4) is 11.5 Å². The van der Waals surface area contributed by atoms with Crippen LogP contribution in [0.3, 0.4) is 0 Å². The third-order valence-electron chi connectivity index (χ3n) is 3.45. The van der Waals surface area contributed by atoms with E-state index in [4.69, 9.17) is 4.74 Å². The Morgan fingerprint density at radius 2 is 1.91 bits per heavy atom. The van der Waals surface area contributed by atoms with Crippen molar-refractivity contribution in [2.24, 2.45) is 0 Å². The summed E-state index contributed by atoms with van der Waals surface area (Å²) < 4.78 is 5.43. The second-order valence-electron chi connectivity index (χ2n) is 5.08. The molecule has 0 amide bonds. The van der Waals surface area contributed by atoms with Crippen molar-refractivity contribution in [1.29, 1.82) is 0 Å². The van der Waals surface area contributed by atoms with Crippen molar-refractivity contribution < 1.29 is 9.84 Å². The lowest BCUT2D eigenvalue weighted by Gasteiger charge is -2.10. The molecule has 0 saturated carbocycles. The van der Waals surface area contributed by atoms with Gasteiger partial charge in [0.15, 0.2) is 0 Å². The van der Waals surface area contributed by atoms with Crippen LogP contribution in [-0.4, -0.2) is 16.7 Å². The van der Waals surface area contributed by atoms with Gasteiger partial charge in [-0.15, -0.1) is 0 Å². The molecule has 1 heterocycles. The molecule has 0 radical (unpaired) electrons. The lowest BCUT2D eigenvalue weighted by molar-refractivity contribution is 0.340. The van der Waals surface area contributed by atoms with E-state index in [1.54, 1.807) is 12.1 Å². The van der Waals surface area contributed by atoms with Crippen molar-refractivity contribution in [2.45, 2.75) is 13.8 Å². The third kappa shape index (κ3) is 2.81. The lowest BCUT2D eigenvalue weighted by Crippen LogP contribution is -1.96. The van der Waals surface area contributed by atoms with Crippen LogP contribution in [0.25, 0.3) is 10.9 Å². The first kappa shape index (κ1) is 14.2. The minimum atomic E-state index is 0.259. The molecule has 1 aromatic heterocycles. The molecular weight excluding hydrogens is 276 g/mol. The maximum Gasteiger partial charge on any atom is 0.131 e. The second kappa shape index (κ2) is 5.93. The number of aromatic nitrogens is 1. The lowest BCUT2D eigenvalue weighted by atomic mass is 10.1. The van der Waals surface area contributed by atoms with Crippen LogP contribution in [0.15, 0.2) is 48.5 Å². The number of phenols is 1. The van der Waals surface area contributed by atoms with E-state index in [9.17, 15) is 5.11 Å². The van der Waals surface area contributed by atoms with Crippen LogP contribution in [0.5, 0.6) is 11.5 Å². The Bertz CT molecular complexity index is 798. The van der Waals surface area contributed by atoms with Crippen molar-refractivity contribution in [3.05, 3.63) is 54.1 Å². The zero-order chi connectivity index (χ0) is 15.5. The standard InChI is InChI=1S/C18H18N2O2/c1-3-22-14-9-7-13(8-10-14)19-17-11-12(2)18-15(20-17)5-4-6-16(18)21/h4-11,21H,3H2,1-2H3,(H,19,20). The number of anilines is 2. The highest BCUT2D eigenvalue weighted by molar-refractivity contribution is 5.89. The molecule has 0 bridgehead atoms. The van der Waals surface area contributed by atoms with Gasteiger partial charge in [0.1, 0.15) is 17.3 Å². The molecule has 0 aliphatic carbocycles. The van der Waals surface area contributed by atoms with Crippen LogP contribution < -0.4 is 10.1 Å². The van der Waals surface area contributed by atoms with Gasteiger partial charge in [0.2, 0.25) is 0 Å². The number of aromatic hydroxyl groups is 1. The fraction of sp³-hybridized carbons (Fsp3) is 0.167. The molecular formula is C18H18N2O2. The van der Waals surface area contributed by atoms with E-state index in [2.05, 4.69) is 10.3 Å². The monoisotopic (exact) mass is 294 g/mol. The molecule has 0 aliphatic heterocycles. The van der Waals surface area contributed by atoms with Gasteiger partial charge in [0.05, 0.1) is 12.1 Å². The van der Waals surface area contributed by atoms with Gasteiger partial charge in [-0.3, -0.25) is 0 Å². The summed E-state index contributed by atoms with van der Waals surface area (Å²) >= 11 is 0. The quantitative estimate of drug-likeness (QED) is 0.749. The molecule has 4 nitrogen and oxygen atoms in total. The van der Waals surface area contributed by atoms with E-state index >= 15 is 0 Å². The van der Waals surface area contributed by atoms with E-state index in [1.807, 2.05) is 50.2 Å². The van der Waals surface area contributed by atoms with Gasteiger partial charge in [-0.25, -0.2) is 4.98 Å². The molecule has 2 N–H and O–H groups in total. The van der Waals surface area contributed by atoms with Gasteiger partial charge in [0, 0.05) is 11.1 Å². The summed E-state index contributed by atoms with van der Waals surface area (Å²) in [4.78, 5) is 4.55. The fourth-order valence-electron chi connectivity index (χ4n) is 2.48. The number of phenolic OH excluding ortho intramolecular Hbond substituents is 1. The van der Waals surface area contributed by atoms with Gasteiger partial charge >= 0.3 is 0 Å². The van der Waals surface area contributed by atoms with Crippen LogP contribution >= 0.6 is 0 Å². The third-order valence-corrected chi connectivity index (χ3v) is 3.45. The Morgan fingerprint density at radius 1 is 1.14 bits per heavy atom. The molecule has 0 atom stereocenters. The summed E-state index contributed by atoms with van der Waals surface area (Å²) in [5.41, 5.74) is 2.69. The minimum absolute atomic E-state index is 0.259. The number of pyridine rings is 1. The highest BCUT2D eigenvalue weighted by Crippen LogP contribution is 2.29. The first-order chi connectivity index (χ1) is 10.7. The number of hydrogen-bond acceptors (Lipinski definition) is 4. The SMILES string of the molecule is CCOc1ccc(Nc2cc(C)c3c(O)cccc3n2)cc1. The van der Waals surface area contributed by atoms with E-state index < -0.39 is 0 Å². The summed E-state index contributed by atoms with van der Waals surface area (Å²) in [7, 11) is 0. The van der Waals surface area contributed by atoms with Gasteiger partial charge in [-0.1, -0.05) is 6.07 Å². The molecule has 3 rings (SSSR count). The molecule has 112 valence electrons. The number of nitrogens with zero attached hydrogens (tertiary/aromatic N) is 1. The fourth-order valence-corrected chi connectivity index (χ4v) is 2.48. The van der Waals surface area contributed by atoms with E-state index in [1.165, 1.54) is 0 Å². The average Bonchev–Trinajstić information content (AvgIpc) is 2.49. The molecule has 2 aromatic carbocycles. The van der Waals surface area contributed by atoms with Gasteiger partial charge < -0.3 is 15.2 Å². The zero-order valence-electron chi connectivity index (χ0n) is 12.6. The predicted molar refractivity (Wildman–Crippen MR) is 89.0 cm³/mol. The number of nitrogens with one attached hydrogen (secondary N) is 1. The molecule has 3 aromatic rings. The second-order valence-corrected chi connectivity index (χ2v) is 5.08. The predicted octanol–water partition coefficient (Wildman–Crippen LogP) is 4.39. The molecule has 0 aliphatic rings. The van der Waals surface area contributed by atoms with Crippen LogP contribution in [0.1, 0.15) is 12.5 Å². The van der Waals surface area contributed by atoms with Crippen molar-refractivity contribution in [1.82, 2.24) is 4.98 Å². The van der Waals surface area contributed by atoms with Crippen LogP contribution in [0, 0.1) is 6.92 Å².